The monoisotopic (exact) mass is 247 g/mol. The Kier molecular flexibility index (Phi) is 9.89. The minimum Gasteiger partial charge on any atom is -0.392 e. The van der Waals surface area contributed by atoms with Gasteiger partial charge in [0.15, 0.2) is 0 Å². The summed E-state index contributed by atoms with van der Waals surface area (Å²) < 4.78 is 0. The molecule has 18 heavy (non-hydrogen) atoms. The lowest BCUT2D eigenvalue weighted by Gasteiger charge is -2.06. The quantitative estimate of drug-likeness (QED) is 0.842. The number of aliphatic hydroxyl groups excluding tert-OH is 1. The Morgan fingerprint density at radius 3 is 2.28 bits per heavy atom. The topological polar surface area (TPSA) is 33.1 Å². The van der Waals surface area contributed by atoms with E-state index < -0.39 is 0 Å². The van der Waals surface area contributed by atoms with Gasteiger partial charge < -0.3 is 5.11 Å². The number of hydrogen-bond donors (Lipinski definition) is 1. The number of rotatable bonds is 2. The van der Waals surface area contributed by atoms with E-state index >= 15 is 0 Å². The summed E-state index contributed by atoms with van der Waals surface area (Å²) in [5.41, 5.74) is 3.02. The Labute approximate surface area is 111 Å². The lowest BCUT2D eigenvalue weighted by atomic mass is 10.0. The normalized spacial score (nSPS) is 12.6. The maximum absolute atomic E-state index is 8.87. The van der Waals surface area contributed by atoms with Crippen molar-refractivity contribution in [2.24, 2.45) is 0 Å². The second kappa shape index (κ2) is 10.7. The molecule has 0 radical (unpaired) electrons. The zero-order chi connectivity index (χ0) is 13.8. The molecule has 2 rings (SSSR count). The highest BCUT2D eigenvalue weighted by Gasteiger charge is 2.01. The highest BCUT2D eigenvalue weighted by Crippen LogP contribution is 2.19. The minimum atomic E-state index is 0.0577. The summed E-state index contributed by atoms with van der Waals surface area (Å²) in [6.07, 6.45) is 10.4. The van der Waals surface area contributed by atoms with E-state index in [-0.39, 0.29) is 6.61 Å². The van der Waals surface area contributed by atoms with Gasteiger partial charge in [-0.05, 0) is 30.0 Å². The predicted octanol–water partition coefficient (Wildman–Crippen LogP) is 4.36. The van der Waals surface area contributed by atoms with Crippen molar-refractivity contribution in [3.05, 3.63) is 47.8 Å². The van der Waals surface area contributed by atoms with Gasteiger partial charge in [-0.25, -0.2) is 0 Å². The third-order valence-electron chi connectivity index (χ3n) is 2.30. The maximum Gasteiger partial charge on any atom is 0.0698 e. The third-order valence-corrected chi connectivity index (χ3v) is 2.30. The van der Waals surface area contributed by atoms with Crippen molar-refractivity contribution in [1.29, 1.82) is 0 Å². The molecule has 1 aliphatic carbocycles. The molecule has 0 unspecified atom stereocenters. The van der Waals surface area contributed by atoms with Crippen LogP contribution in [0.4, 0.5) is 0 Å². The summed E-state index contributed by atoms with van der Waals surface area (Å²) in [5, 5.41) is 8.87. The first-order valence-electron chi connectivity index (χ1n) is 6.83. The Morgan fingerprint density at radius 2 is 1.83 bits per heavy atom. The molecule has 0 amide bonds. The molecule has 0 fully saturated rings. The van der Waals surface area contributed by atoms with E-state index in [1.807, 2.05) is 39.8 Å². The van der Waals surface area contributed by atoms with Gasteiger partial charge in [-0.3, -0.25) is 4.98 Å². The Morgan fingerprint density at radius 1 is 1.11 bits per heavy atom. The molecule has 0 atom stereocenters. The molecule has 0 saturated heterocycles. The number of pyridine rings is 1. The molecule has 1 N–H and O–H groups in total. The fourth-order valence-electron chi connectivity index (χ4n) is 1.49. The fourth-order valence-corrected chi connectivity index (χ4v) is 1.49. The largest absolute Gasteiger partial charge is 0.392 e. The van der Waals surface area contributed by atoms with Crippen molar-refractivity contribution < 1.29 is 5.11 Å². The van der Waals surface area contributed by atoms with Gasteiger partial charge in [0.2, 0.25) is 0 Å². The van der Waals surface area contributed by atoms with E-state index in [2.05, 4.69) is 23.2 Å². The van der Waals surface area contributed by atoms with E-state index in [0.717, 1.165) is 24.1 Å². The second-order valence-electron chi connectivity index (χ2n) is 3.35. The highest BCUT2D eigenvalue weighted by atomic mass is 16.3. The molecule has 1 aliphatic rings. The van der Waals surface area contributed by atoms with Crippen molar-refractivity contribution in [2.45, 2.75) is 47.1 Å². The zero-order valence-electron chi connectivity index (χ0n) is 12.0. The van der Waals surface area contributed by atoms with Gasteiger partial charge in [-0.1, -0.05) is 52.0 Å². The van der Waals surface area contributed by atoms with Crippen LogP contribution in [0.5, 0.6) is 0 Å². The summed E-state index contributed by atoms with van der Waals surface area (Å²) in [6, 6.07) is 3.86. The van der Waals surface area contributed by atoms with Crippen LogP contribution < -0.4 is 0 Å². The maximum atomic E-state index is 8.87. The summed E-state index contributed by atoms with van der Waals surface area (Å²) in [5.74, 6) is 0. The van der Waals surface area contributed by atoms with E-state index in [9.17, 15) is 0 Å². The molecule has 0 aromatic carbocycles. The molecule has 0 bridgehead atoms. The SMILES string of the molecule is CC.CC.OCc1ccc(C2=CCCC=C2)nc1. The first-order chi connectivity index (χ1) is 8.90. The molecule has 1 aromatic heterocycles. The Bertz CT molecular complexity index is 363. The first kappa shape index (κ1) is 16.6. The minimum absolute atomic E-state index is 0.0577. The third kappa shape index (κ3) is 5.28. The van der Waals surface area contributed by atoms with E-state index in [1.165, 1.54) is 5.57 Å². The average molecular weight is 247 g/mol. The molecule has 2 nitrogen and oxygen atoms in total. The van der Waals surface area contributed by atoms with Crippen molar-refractivity contribution in [3.63, 3.8) is 0 Å². The number of aromatic nitrogens is 1. The summed E-state index contributed by atoms with van der Waals surface area (Å²) in [4.78, 5) is 4.29. The number of nitrogens with zero attached hydrogens (tertiary/aromatic N) is 1. The second-order valence-corrected chi connectivity index (χ2v) is 3.35. The Hall–Kier alpha value is -1.41. The van der Waals surface area contributed by atoms with Crippen LogP contribution in [0.2, 0.25) is 0 Å². The Balaban J connectivity index is 0.000000659. The van der Waals surface area contributed by atoms with Crippen LogP contribution in [0.3, 0.4) is 0 Å². The van der Waals surface area contributed by atoms with Gasteiger partial charge in [0.05, 0.1) is 12.3 Å². The van der Waals surface area contributed by atoms with Gasteiger partial charge in [-0.2, -0.15) is 0 Å². The van der Waals surface area contributed by atoms with Gasteiger partial charge in [0.25, 0.3) is 0 Å². The molecule has 0 aliphatic heterocycles. The first-order valence-corrected chi connectivity index (χ1v) is 6.83. The van der Waals surface area contributed by atoms with Crippen molar-refractivity contribution in [3.8, 4) is 0 Å². The molecule has 1 aromatic rings. The molecule has 1 heterocycles. The van der Waals surface area contributed by atoms with Crippen LogP contribution in [-0.2, 0) is 6.61 Å². The van der Waals surface area contributed by atoms with E-state index in [4.69, 9.17) is 5.11 Å². The molecule has 100 valence electrons. The van der Waals surface area contributed by atoms with Gasteiger partial charge >= 0.3 is 0 Å². The molecular weight excluding hydrogens is 222 g/mol. The molecular formula is C16H25NO. The number of aliphatic hydroxyl groups is 1. The van der Waals surface area contributed by atoms with Crippen molar-refractivity contribution in [2.75, 3.05) is 0 Å². The molecule has 0 saturated carbocycles. The van der Waals surface area contributed by atoms with Crippen molar-refractivity contribution >= 4 is 5.57 Å². The summed E-state index contributed by atoms with van der Waals surface area (Å²) in [6.45, 7) is 8.06. The van der Waals surface area contributed by atoms with Gasteiger partial charge in [0, 0.05) is 6.20 Å². The smallest absolute Gasteiger partial charge is 0.0698 e. The van der Waals surface area contributed by atoms with Crippen LogP contribution in [0.25, 0.3) is 5.57 Å². The standard InChI is InChI=1S/C12H13NO.2C2H6/c14-9-10-6-7-12(13-8-10)11-4-2-1-3-5-11;2*1-2/h2,4-8,14H,1,3,9H2;2*1-2H3. The summed E-state index contributed by atoms with van der Waals surface area (Å²) >= 11 is 0. The summed E-state index contributed by atoms with van der Waals surface area (Å²) in [7, 11) is 0. The van der Waals surface area contributed by atoms with E-state index in [1.54, 1.807) is 6.20 Å². The van der Waals surface area contributed by atoms with Gasteiger partial charge in [0.1, 0.15) is 0 Å². The van der Waals surface area contributed by atoms with Crippen molar-refractivity contribution in [1.82, 2.24) is 4.98 Å². The number of hydrogen-bond acceptors (Lipinski definition) is 2. The van der Waals surface area contributed by atoms with Crippen LogP contribution in [0.1, 0.15) is 51.8 Å². The van der Waals surface area contributed by atoms with E-state index in [0.29, 0.717) is 0 Å². The predicted molar refractivity (Wildman–Crippen MR) is 79.2 cm³/mol. The van der Waals surface area contributed by atoms with Crippen LogP contribution >= 0.6 is 0 Å². The lowest BCUT2D eigenvalue weighted by molar-refractivity contribution is 0.281. The lowest BCUT2D eigenvalue weighted by Crippen LogP contribution is -1.92. The van der Waals surface area contributed by atoms with Crippen LogP contribution in [0.15, 0.2) is 36.6 Å². The highest BCUT2D eigenvalue weighted by molar-refractivity contribution is 5.72. The zero-order valence-corrected chi connectivity index (χ0v) is 12.0. The van der Waals surface area contributed by atoms with Gasteiger partial charge in [-0.15, -0.1) is 0 Å². The van der Waals surface area contributed by atoms with Crippen LogP contribution in [-0.4, -0.2) is 10.1 Å². The average Bonchev–Trinajstić information content (AvgIpc) is 2.52. The fraction of sp³-hybridized carbons (Fsp3) is 0.438. The number of allylic oxidation sites excluding steroid dienone is 4. The molecule has 2 heteroatoms. The van der Waals surface area contributed by atoms with Crippen LogP contribution in [0, 0.1) is 0 Å². The molecule has 0 spiro atoms.